The molecule has 0 saturated heterocycles. The maximum absolute atomic E-state index is 2.36. The van der Waals surface area contributed by atoms with Crippen LogP contribution in [0.15, 0.2) is 91.0 Å². The average molecular weight is 397 g/mol. The molecule has 29 heavy (non-hydrogen) atoms. The minimum Gasteiger partial charge on any atom is -0.0837 e. The first-order chi connectivity index (χ1) is 14.0. The molecular formula is C28H29P. The van der Waals surface area contributed by atoms with Gasteiger partial charge in [0, 0.05) is 0 Å². The number of rotatable bonds is 4. The lowest BCUT2D eigenvalue weighted by molar-refractivity contribution is 0.506. The first-order valence-electron chi connectivity index (χ1n) is 10.4. The van der Waals surface area contributed by atoms with E-state index >= 15 is 0 Å². The lowest BCUT2D eigenvalue weighted by Gasteiger charge is -2.33. The van der Waals surface area contributed by atoms with Gasteiger partial charge in [-0.3, -0.25) is 0 Å². The van der Waals surface area contributed by atoms with Gasteiger partial charge in [0.05, 0.1) is 0 Å². The van der Waals surface area contributed by atoms with Crippen LogP contribution >= 0.6 is 7.92 Å². The number of allylic oxidation sites excluding steroid dienone is 4. The Hall–Kier alpha value is -2.43. The molecule has 0 aromatic heterocycles. The maximum Gasteiger partial charge on any atom is -0.00628 e. The summed E-state index contributed by atoms with van der Waals surface area (Å²) in [6.45, 7) is 9.22. The van der Waals surface area contributed by atoms with Gasteiger partial charge in [-0.1, -0.05) is 105 Å². The third-order valence-corrected chi connectivity index (χ3v) is 8.74. The lowest BCUT2D eigenvalue weighted by Crippen LogP contribution is -2.28. The third kappa shape index (κ3) is 3.87. The molecule has 146 valence electrons. The van der Waals surface area contributed by atoms with Crippen molar-refractivity contribution >= 4 is 29.4 Å². The van der Waals surface area contributed by atoms with E-state index in [1.807, 2.05) is 0 Å². The fourth-order valence-electron chi connectivity index (χ4n) is 4.23. The van der Waals surface area contributed by atoms with Crippen molar-refractivity contribution < 1.29 is 0 Å². The van der Waals surface area contributed by atoms with Crippen molar-refractivity contribution in [1.29, 1.82) is 0 Å². The average Bonchev–Trinajstić information content (AvgIpc) is 2.71. The van der Waals surface area contributed by atoms with Crippen LogP contribution in [0.25, 0.3) is 5.57 Å². The van der Waals surface area contributed by atoms with E-state index in [0.717, 1.165) is 6.42 Å². The van der Waals surface area contributed by atoms with E-state index in [1.54, 1.807) is 0 Å². The molecule has 0 nitrogen and oxygen atoms in total. The van der Waals surface area contributed by atoms with E-state index in [9.17, 15) is 0 Å². The minimum atomic E-state index is -0.640. The highest BCUT2D eigenvalue weighted by Crippen LogP contribution is 2.44. The van der Waals surface area contributed by atoms with Crippen molar-refractivity contribution in [3.8, 4) is 0 Å². The molecular weight excluding hydrogens is 367 g/mol. The molecule has 0 spiro atoms. The van der Waals surface area contributed by atoms with Crippen LogP contribution in [0.5, 0.6) is 0 Å². The van der Waals surface area contributed by atoms with Crippen molar-refractivity contribution in [2.45, 2.75) is 34.1 Å². The van der Waals surface area contributed by atoms with Gasteiger partial charge in [0.2, 0.25) is 0 Å². The largest absolute Gasteiger partial charge is 0.0837 e. The summed E-state index contributed by atoms with van der Waals surface area (Å²) in [6, 6.07) is 26.9. The van der Waals surface area contributed by atoms with Crippen molar-refractivity contribution in [3.63, 3.8) is 0 Å². The monoisotopic (exact) mass is 396 g/mol. The highest BCUT2D eigenvalue weighted by molar-refractivity contribution is 7.80. The first kappa shape index (κ1) is 19.9. The topological polar surface area (TPSA) is 0 Å². The molecule has 0 aliphatic heterocycles. The fourth-order valence-corrected chi connectivity index (χ4v) is 7.01. The van der Waals surface area contributed by atoms with Gasteiger partial charge in [0.25, 0.3) is 0 Å². The van der Waals surface area contributed by atoms with Gasteiger partial charge in [-0.25, -0.2) is 0 Å². The second-order valence-corrected chi connectivity index (χ2v) is 10.6. The molecule has 3 aromatic rings. The molecule has 0 atom stereocenters. The highest BCUT2D eigenvalue weighted by Gasteiger charge is 2.29. The molecule has 1 aliphatic carbocycles. The lowest BCUT2D eigenvalue weighted by atomic mass is 9.75. The van der Waals surface area contributed by atoms with Crippen LogP contribution in [-0.2, 0) is 0 Å². The Kier molecular flexibility index (Phi) is 5.57. The summed E-state index contributed by atoms with van der Waals surface area (Å²) < 4.78 is 0. The number of hydrogen-bond acceptors (Lipinski definition) is 0. The molecule has 0 radical (unpaired) electrons. The smallest absolute Gasteiger partial charge is 0.00628 e. The number of hydrogen-bond donors (Lipinski definition) is 0. The standard InChI is InChI=1S/C28H29P/c1-21-13-5-8-17-25(21)29(26-18-9-6-14-22(26)2)27-19-10-7-15-23(27)24-16-11-12-20-28(24,3)4/h5-19H,20H2,1-4H3. The number of aryl methyl sites for hydroxylation is 2. The summed E-state index contributed by atoms with van der Waals surface area (Å²) in [5.41, 5.74) is 5.73. The van der Waals surface area contributed by atoms with Crippen molar-refractivity contribution in [2.24, 2.45) is 5.41 Å². The third-order valence-electron chi connectivity index (χ3n) is 5.90. The Bertz CT molecular complexity index is 1040. The molecule has 3 aromatic carbocycles. The van der Waals surface area contributed by atoms with E-state index < -0.39 is 7.92 Å². The van der Waals surface area contributed by atoms with Crippen molar-refractivity contribution in [2.75, 3.05) is 0 Å². The molecule has 0 saturated carbocycles. The molecule has 0 bridgehead atoms. The molecule has 1 heteroatoms. The van der Waals surface area contributed by atoms with Crippen molar-refractivity contribution in [3.05, 3.63) is 108 Å². The van der Waals surface area contributed by atoms with Crippen LogP contribution in [0.4, 0.5) is 0 Å². The summed E-state index contributed by atoms with van der Waals surface area (Å²) in [5, 5.41) is 4.36. The molecule has 0 unspecified atom stereocenters. The zero-order valence-corrected chi connectivity index (χ0v) is 18.7. The van der Waals surface area contributed by atoms with Gasteiger partial charge in [-0.15, -0.1) is 0 Å². The molecule has 0 amide bonds. The van der Waals surface area contributed by atoms with E-state index in [0.29, 0.717) is 0 Å². The predicted molar refractivity (Wildman–Crippen MR) is 130 cm³/mol. The predicted octanol–water partition coefficient (Wildman–Crippen LogP) is 6.43. The zero-order valence-electron chi connectivity index (χ0n) is 17.8. The van der Waals surface area contributed by atoms with Crippen LogP contribution in [0.1, 0.15) is 37.0 Å². The molecule has 1 aliphatic rings. The van der Waals surface area contributed by atoms with Gasteiger partial charge in [-0.2, -0.15) is 0 Å². The van der Waals surface area contributed by atoms with Crippen LogP contribution in [0.3, 0.4) is 0 Å². The SMILES string of the molecule is Cc1ccccc1P(c1ccccc1C)c1ccccc1C1=CC=CCC1(C)C. The van der Waals surface area contributed by atoms with Gasteiger partial charge in [0.15, 0.2) is 0 Å². The second kappa shape index (κ2) is 8.13. The van der Waals surface area contributed by atoms with Gasteiger partial charge < -0.3 is 0 Å². The minimum absolute atomic E-state index is 0.142. The van der Waals surface area contributed by atoms with Crippen LogP contribution in [-0.4, -0.2) is 0 Å². The molecule has 0 N–H and O–H groups in total. The first-order valence-corrected chi connectivity index (χ1v) is 11.7. The Morgan fingerprint density at radius 2 is 1.21 bits per heavy atom. The Labute approximate surface area is 176 Å². The summed E-state index contributed by atoms with van der Waals surface area (Å²) in [7, 11) is -0.640. The fraction of sp³-hybridized carbons (Fsp3) is 0.214. The van der Waals surface area contributed by atoms with Crippen LogP contribution in [0.2, 0.25) is 0 Å². The summed E-state index contributed by atoms with van der Waals surface area (Å²) in [5.74, 6) is 0. The van der Waals surface area contributed by atoms with E-state index in [4.69, 9.17) is 0 Å². The number of benzene rings is 3. The summed E-state index contributed by atoms with van der Waals surface area (Å²) >= 11 is 0. The Balaban J connectivity index is 1.99. The van der Waals surface area contributed by atoms with Crippen LogP contribution in [0, 0.1) is 19.3 Å². The molecule has 4 rings (SSSR count). The zero-order chi connectivity index (χ0) is 20.4. The van der Waals surface area contributed by atoms with Crippen molar-refractivity contribution in [1.82, 2.24) is 0 Å². The Morgan fingerprint density at radius 3 is 1.76 bits per heavy atom. The molecule has 0 fully saturated rings. The quantitative estimate of drug-likeness (QED) is 0.446. The van der Waals surface area contributed by atoms with Gasteiger partial charge >= 0.3 is 0 Å². The maximum atomic E-state index is 2.36. The van der Waals surface area contributed by atoms with Crippen LogP contribution < -0.4 is 15.9 Å². The van der Waals surface area contributed by atoms with E-state index in [1.165, 1.54) is 38.2 Å². The van der Waals surface area contributed by atoms with E-state index in [-0.39, 0.29) is 5.41 Å². The highest BCUT2D eigenvalue weighted by atomic mass is 31.1. The molecule has 0 heterocycles. The van der Waals surface area contributed by atoms with E-state index in [2.05, 4.69) is 119 Å². The Morgan fingerprint density at radius 1 is 0.690 bits per heavy atom. The van der Waals surface area contributed by atoms with Gasteiger partial charge in [-0.05, 0) is 71.8 Å². The summed E-state index contributed by atoms with van der Waals surface area (Å²) in [4.78, 5) is 0. The second-order valence-electron chi connectivity index (χ2n) is 8.52. The summed E-state index contributed by atoms with van der Waals surface area (Å²) in [6.07, 6.45) is 7.92. The van der Waals surface area contributed by atoms with Gasteiger partial charge in [0.1, 0.15) is 0 Å². The normalized spacial score (nSPS) is 15.4.